The lowest BCUT2D eigenvalue weighted by Gasteiger charge is -2.16. The first-order valence-electron chi connectivity index (χ1n) is 9.85. The lowest BCUT2D eigenvalue weighted by Crippen LogP contribution is -2.40. The smallest absolute Gasteiger partial charge is 0.336 e. The first-order chi connectivity index (χ1) is 15.5. The van der Waals surface area contributed by atoms with Crippen LogP contribution in [0.25, 0.3) is 16.6 Å². The number of rotatable bonds is 6. The van der Waals surface area contributed by atoms with Crippen LogP contribution in [0.15, 0.2) is 82.4 Å². The van der Waals surface area contributed by atoms with E-state index in [0.29, 0.717) is 22.9 Å². The SMILES string of the molecule is COc1cc2c(=O)n(-c3ccccc3)c(=O)n(CC(=O)Nc3ccccc3)c2cc1OC. The van der Waals surface area contributed by atoms with E-state index in [2.05, 4.69) is 5.32 Å². The molecule has 4 rings (SSSR count). The van der Waals surface area contributed by atoms with Crippen LogP contribution in [0.2, 0.25) is 0 Å². The van der Waals surface area contributed by atoms with Crippen LogP contribution in [-0.2, 0) is 11.3 Å². The number of anilines is 1. The van der Waals surface area contributed by atoms with Gasteiger partial charge in [-0.15, -0.1) is 0 Å². The number of nitrogens with one attached hydrogen (secondary N) is 1. The standard InChI is InChI=1S/C24H21N3O5/c1-31-20-13-18-19(14-21(20)32-2)26(15-22(28)25-16-9-5-3-6-10-16)24(30)27(23(18)29)17-11-7-4-8-12-17/h3-14H,15H2,1-2H3,(H,25,28). The maximum absolute atomic E-state index is 13.4. The predicted octanol–water partition coefficient (Wildman–Crippen LogP) is 2.81. The Labute approximate surface area is 183 Å². The summed E-state index contributed by atoms with van der Waals surface area (Å²) in [5.74, 6) is 0.275. The summed E-state index contributed by atoms with van der Waals surface area (Å²) in [7, 11) is 2.92. The third kappa shape index (κ3) is 3.85. The van der Waals surface area contributed by atoms with Gasteiger partial charge >= 0.3 is 5.69 Å². The van der Waals surface area contributed by atoms with Crippen molar-refractivity contribution in [2.75, 3.05) is 19.5 Å². The van der Waals surface area contributed by atoms with E-state index in [4.69, 9.17) is 9.47 Å². The van der Waals surface area contributed by atoms with Gasteiger partial charge in [0.05, 0.1) is 30.8 Å². The van der Waals surface area contributed by atoms with Crippen molar-refractivity contribution in [3.8, 4) is 17.2 Å². The highest BCUT2D eigenvalue weighted by Gasteiger charge is 2.19. The van der Waals surface area contributed by atoms with Crippen LogP contribution in [0, 0.1) is 0 Å². The average molecular weight is 431 g/mol. The molecule has 0 fully saturated rings. The Bertz CT molecular complexity index is 1390. The molecule has 1 heterocycles. The highest BCUT2D eigenvalue weighted by atomic mass is 16.5. The Kier molecular flexibility index (Phi) is 5.76. The topological polar surface area (TPSA) is 91.6 Å². The minimum Gasteiger partial charge on any atom is -0.493 e. The summed E-state index contributed by atoms with van der Waals surface area (Å²) in [6.45, 7) is -0.299. The summed E-state index contributed by atoms with van der Waals surface area (Å²) in [5.41, 5.74) is 0.121. The number of amides is 1. The quantitative estimate of drug-likeness (QED) is 0.507. The van der Waals surface area contributed by atoms with Crippen molar-refractivity contribution in [3.63, 3.8) is 0 Å². The van der Waals surface area contributed by atoms with E-state index in [-0.39, 0.29) is 17.4 Å². The molecule has 0 unspecified atom stereocenters. The van der Waals surface area contributed by atoms with Gasteiger partial charge in [0.15, 0.2) is 11.5 Å². The third-order valence-electron chi connectivity index (χ3n) is 5.02. The van der Waals surface area contributed by atoms with E-state index in [1.807, 2.05) is 6.07 Å². The van der Waals surface area contributed by atoms with Crippen molar-refractivity contribution in [1.82, 2.24) is 9.13 Å². The van der Waals surface area contributed by atoms with E-state index in [1.165, 1.54) is 30.9 Å². The molecule has 1 aromatic heterocycles. The van der Waals surface area contributed by atoms with E-state index in [1.54, 1.807) is 54.6 Å². The molecular formula is C24H21N3O5. The molecule has 0 aliphatic carbocycles. The molecule has 0 saturated heterocycles. The molecule has 1 N–H and O–H groups in total. The second kappa shape index (κ2) is 8.81. The van der Waals surface area contributed by atoms with Crippen molar-refractivity contribution < 1.29 is 14.3 Å². The number of hydrogen-bond donors (Lipinski definition) is 1. The molecule has 0 bridgehead atoms. The van der Waals surface area contributed by atoms with Gasteiger partial charge in [-0.05, 0) is 30.3 Å². The van der Waals surface area contributed by atoms with Crippen LogP contribution >= 0.6 is 0 Å². The molecule has 162 valence electrons. The molecule has 8 heteroatoms. The Hall–Kier alpha value is -4.33. The number of benzene rings is 3. The number of nitrogens with zero attached hydrogens (tertiary/aromatic N) is 2. The van der Waals surface area contributed by atoms with Gasteiger partial charge in [-0.3, -0.25) is 14.2 Å². The summed E-state index contributed by atoms with van der Waals surface area (Å²) in [6, 6.07) is 20.5. The third-order valence-corrected chi connectivity index (χ3v) is 5.02. The predicted molar refractivity (Wildman–Crippen MR) is 122 cm³/mol. The van der Waals surface area contributed by atoms with E-state index in [0.717, 1.165) is 4.57 Å². The van der Waals surface area contributed by atoms with Gasteiger partial charge < -0.3 is 14.8 Å². The fourth-order valence-corrected chi connectivity index (χ4v) is 3.52. The molecule has 32 heavy (non-hydrogen) atoms. The van der Waals surface area contributed by atoms with E-state index >= 15 is 0 Å². The van der Waals surface area contributed by atoms with Gasteiger partial charge in [0.25, 0.3) is 5.56 Å². The number of ether oxygens (including phenoxy) is 2. The zero-order valence-corrected chi connectivity index (χ0v) is 17.6. The normalized spacial score (nSPS) is 10.7. The largest absolute Gasteiger partial charge is 0.493 e. The monoisotopic (exact) mass is 431 g/mol. The van der Waals surface area contributed by atoms with Crippen LogP contribution in [0.1, 0.15) is 0 Å². The van der Waals surface area contributed by atoms with Crippen LogP contribution < -0.4 is 26.0 Å². The van der Waals surface area contributed by atoms with Gasteiger partial charge in [-0.2, -0.15) is 0 Å². The second-order valence-electron chi connectivity index (χ2n) is 6.98. The first kappa shape index (κ1) is 20.9. The molecule has 3 aromatic carbocycles. The molecule has 0 radical (unpaired) electrons. The fraction of sp³-hybridized carbons (Fsp3) is 0.125. The lowest BCUT2D eigenvalue weighted by molar-refractivity contribution is -0.116. The van der Waals surface area contributed by atoms with Crippen molar-refractivity contribution >= 4 is 22.5 Å². The molecule has 0 aliphatic heterocycles. The molecule has 8 nitrogen and oxygen atoms in total. The molecule has 0 aliphatic rings. The van der Waals surface area contributed by atoms with Crippen molar-refractivity contribution in [3.05, 3.63) is 93.6 Å². The van der Waals surface area contributed by atoms with Crippen LogP contribution in [-0.4, -0.2) is 29.3 Å². The molecule has 0 atom stereocenters. The Morgan fingerprint density at radius 1 is 0.875 bits per heavy atom. The molecule has 0 saturated carbocycles. The number of methoxy groups -OCH3 is 2. The molecule has 0 spiro atoms. The van der Waals surface area contributed by atoms with Crippen molar-refractivity contribution in [2.45, 2.75) is 6.54 Å². The summed E-state index contributed by atoms with van der Waals surface area (Å²) < 4.78 is 13.0. The van der Waals surface area contributed by atoms with Crippen LogP contribution in [0.5, 0.6) is 11.5 Å². The second-order valence-corrected chi connectivity index (χ2v) is 6.98. The number of carbonyl (C=O) groups is 1. The van der Waals surface area contributed by atoms with Gasteiger partial charge in [0.1, 0.15) is 6.54 Å². The number of fused-ring (bicyclic) bond motifs is 1. The summed E-state index contributed by atoms with van der Waals surface area (Å²) in [4.78, 5) is 39.5. The zero-order chi connectivity index (χ0) is 22.7. The molecule has 1 amide bonds. The minimum atomic E-state index is -0.635. The highest BCUT2D eigenvalue weighted by molar-refractivity contribution is 5.92. The van der Waals surface area contributed by atoms with Crippen molar-refractivity contribution in [1.29, 1.82) is 0 Å². The number of aromatic nitrogens is 2. The molecular weight excluding hydrogens is 410 g/mol. The Morgan fingerprint density at radius 3 is 2.09 bits per heavy atom. The van der Waals surface area contributed by atoms with Crippen molar-refractivity contribution in [2.24, 2.45) is 0 Å². The fourth-order valence-electron chi connectivity index (χ4n) is 3.52. The maximum Gasteiger partial charge on any atom is 0.336 e. The minimum absolute atomic E-state index is 0.221. The number of para-hydroxylation sites is 2. The summed E-state index contributed by atoms with van der Waals surface area (Å²) >= 11 is 0. The van der Waals surface area contributed by atoms with Gasteiger partial charge in [0.2, 0.25) is 5.91 Å². The zero-order valence-electron chi connectivity index (χ0n) is 17.6. The van der Waals surface area contributed by atoms with Crippen LogP contribution in [0.4, 0.5) is 5.69 Å². The van der Waals surface area contributed by atoms with Gasteiger partial charge in [-0.1, -0.05) is 36.4 Å². The highest BCUT2D eigenvalue weighted by Crippen LogP contribution is 2.30. The lowest BCUT2D eigenvalue weighted by atomic mass is 10.2. The average Bonchev–Trinajstić information content (AvgIpc) is 2.82. The molecule has 4 aromatic rings. The van der Waals surface area contributed by atoms with Crippen LogP contribution in [0.3, 0.4) is 0 Å². The van der Waals surface area contributed by atoms with Gasteiger partial charge in [0, 0.05) is 11.8 Å². The Balaban J connectivity index is 1.94. The number of carbonyl (C=O) groups excluding carboxylic acids is 1. The number of hydrogen-bond acceptors (Lipinski definition) is 5. The van der Waals surface area contributed by atoms with E-state index < -0.39 is 17.2 Å². The van der Waals surface area contributed by atoms with Gasteiger partial charge in [-0.25, -0.2) is 9.36 Å². The Morgan fingerprint density at radius 2 is 1.47 bits per heavy atom. The summed E-state index contributed by atoms with van der Waals surface area (Å²) in [5, 5.41) is 2.99. The van der Waals surface area contributed by atoms with E-state index in [9.17, 15) is 14.4 Å². The maximum atomic E-state index is 13.4. The summed E-state index contributed by atoms with van der Waals surface area (Å²) in [6.07, 6.45) is 0. The first-order valence-corrected chi connectivity index (χ1v) is 9.85.